The van der Waals surface area contributed by atoms with Crippen LogP contribution in [0.3, 0.4) is 0 Å². The van der Waals surface area contributed by atoms with Crippen LogP contribution in [0.5, 0.6) is 5.75 Å². The summed E-state index contributed by atoms with van der Waals surface area (Å²) in [5.41, 5.74) is 3.36. The third-order valence-electron chi connectivity index (χ3n) is 6.46. The van der Waals surface area contributed by atoms with E-state index < -0.39 is 0 Å². The van der Waals surface area contributed by atoms with Gasteiger partial charge in [0.2, 0.25) is 5.91 Å². The lowest BCUT2D eigenvalue weighted by Gasteiger charge is -2.34. The molecule has 5 nitrogen and oxygen atoms in total. The zero-order chi connectivity index (χ0) is 25.7. The van der Waals surface area contributed by atoms with Gasteiger partial charge >= 0.3 is 0 Å². The Morgan fingerprint density at radius 3 is 2.35 bits per heavy atom. The van der Waals surface area contributed by atoms with Gasteiger partial charge in [0.1, 0.15) is 11.9 Å². The van der Waals surface area contributed by atoms with Crippen LogP contribution in [0.4, 0.5) is 0 Å². The first-order chi connectivity index (χ1) is 18.2. The van der Waals surface area contributed by atoms with Crippen molar-refractivity contribution in [2.45, 2.75) is 25.0 Å². The summed E-state index contributed by atoms with van der Waals surface area (Å²) >= 11 is 0. The summed E-state index contributed by atoms with van der Waals surface area (Å²) in [5.74, 6) is 0.599. The maximum Gasteiger partial charge on any atom is 0.244 e. The molecule has 0 atom stereocenters. The molecule has 3 aromatic carbocycles. The van der Waals surface area contributed by atoms with Crippen LogP contribution >= 0.6 is 0 Å². The van der Waals surface area contributed by atoms with Gasteiger partial charge in [0.05, 0.1) is 13.2 Å². The van der Waals surface area contributed by atoms with Crippen molar-refractivity contribution in [3.8, 4) is 5.75 Å². The van der Waals surface area contributed by atoms with Gasteiger partial charge in [-0.15, -0.1) is 0 Å². The molecule has 5 heteroatoms. The maximum absolute atomic E-state index is 12.1. The molecule has 191 valence electrons. The van der Waals surface area contributed by atoms with Crippen molar-refractivity contribution in [3.63, 3.8) is 0 Å². The smallest absolute Gasteiger partial charge is 0.244 e. The molecule has 1 heterocycles. The molecule has 3 aromatic rings. The second-order valence-corrected chi connectivity index (χ2v) is 9.08. The van der Waals surface area contributed by atoms with Crippen molar-refractivity contribution in [3.05, 3.63) is 120 Å². The summed E-state index contributed by atoms with van der Waals surface area (Å²) in [4.78, 5) is 14.5. The number of likely N-dealkylation sites (tertiary alicyclic amines) is 1. The number of carbonyl (C=O) groups is 1. The quantitative estimate of drug-likeness (QED) is 0.284. The Hall–Kier alpha value is -3.67. The zero-order valence-electron chi connectivity index (χ0n) is 21.4. The highest BCUT2D eigenvalue weighted by atomic mass is 16.5. The first-order valence-corrected chi connectivity index (χ1v) is 12.9. The number of amides is 1. The summed E-state index contributed by atoms with van der Waals surface area (Å²) in [6, 6.07) is 29.5. The Kier molecular flexibility index (Phi) is 10.1. The molecule has 37 heavy (non-hydrogen) atoms. The Bertz CT molecular complexity index is 1110. The number of nitrogens with zero attached hydrogens (tertiary/aromatic N) is 1. The summed E-state index contributed by atoms with van der Waals surface area (Å²) in [5, 5.41) is 2.98. The van der Waals surface area contributed by atoms with Gasteiger partial charge in [-0.1, -0.05) is 85.0 Å². The number of nitrogens with one attached hydrogen (secondary N) is 1. The summed E-state index contributed by atoms with van der Waals surface area (Å²) < 4.78 is 11.8. The number of piperidine rings is 1. The van der Waals surface area contributed by atoms with Gasteiger partial charge in [-0.25, -0.2) is 0 Å². The highest BCUT2D eigenvalue weighted by Gasteiger charge is 2.24. The van der Waals surface area contributed by atoms with E-state index in [1.807, 2.05) is 42.5 Å². The van der Waals surface area contributed by atoms with Crippen molar-refractivity contribution >= 4 is 12.0 Å². The molecule has 0 bridgehead atoms. The molecule has 0 saturated carbocycles. The Morgan fingerprint density at radius 2 is 1.70 bits per heavy atom. The Balaban J connectivity index is 1.18. The van der Waals surface area contributed by atoms with Gasteiger partial charge in [-0.05, 0) is 41.7 Å². The topological polar surface area (TPSA) is 50.8 Å². The zero-order valence-corrected chi connectivity index (χ0v) is 21.4. The van der Waals surface area contributed by atoms with E-state index >= 15 is 0 Å². The predicted octanol–water partition coefficient (Wildman–Crippen LogP) is 5.45. The molecule has 1 aliphatic heterocycles. The molecule has 4 rings (SSSR count). The normalized spacial score (nSPS) is 15.0. The fraction of sp³-hybridized carbons (Fsp3) is 0.281. The van der Waals surface area contributed by atoms with Gasteiger partial charge in [-0.2, -0.15) is 0 Å². The number of ether oxygens (including phenoxy) is 2. The van der Waals surface area contributed by atoms with Crippen molar-refractivity contribution < 1.29 is 14.3 Å². The molecule has 1 amide bonds. The van der Waals surface area contributed by atoms with Gasteiger partial charge in [0.15, 0.2) is 0 Å². The van der Waals surface area contributed by atoms with E-state index in [0.29, 0.717) is 12.3 Å². The van der Waals surface area contributed by atoms with E-state index in [-0.39, 0.29) is 18.1 Å². The van der Waals surface area contributed by atoms with E-state index in [4.69, 9.17) is 9.47 Å². The molecular formula is C32H35N2O3. The van der Waals surface area contributed by atoms with E-state index in [1.54, 1.807) is 19.3 Å². The average molecular weight is 496 g/mol. The number of allylic oxidation sites excluding steroid dienone is 2. The number of rotatable bonds is 11. The molecule has 1 fully saturated rings. The van der Waals surface area contributed by atoms with Crippen LogP contribution in [-0.2, 0) is 9.53 Å². The number of hydrogen-bond acceptors (Lipinski definition) is 4. The summed E-state index contributed by atoms with van der Waals surface area (Å²) in [6.45, 7) is 3.39. The van der Waals surface area contributed by atoms with Crippen molar-refractivity contribution in [1.82, 2.24) is 10.2 Å². The molecule has 0 spiro atoms. The van der Waals surface area contributed by atoms with Crippen molar-refractivity contribution in [2.24, 2.45) is 0 Å². The lowest BCUT2D eigenvalue weighted by molar-refractivity contribution is -0.116. The number of carbonyl (C=O) groups excluding carboxylic acids is 1. The third kappa shape index (κ3) is 8.45. The minimum Gasteiger partial charge on any atom is -0.496 e. The van der Waals surface area contributed by atoms with Crippen LogP contribution in [0.2, 0.25) is 0 Å². The molecule has 1 saturated heterocycles. The monoisotopic (exact) mass is 495 g/mol. The molecule has 0 aromatic heterocycles. The van der Waals surface area contributed by atoms with Gasteiger partial charge < -0.3 is 19.7 Å². The maximum atomic E-state index is 12.1. The molecule has 1 aliphatic rings. The fourth-order valence-corrected chi connectivity index (χ4v) is 4.46. The van der Waals surface area contributed by atoms with Crippen LogP contribution in [0, 0.1) is 6.07 Å². The summed E-state index contributed by atoms with van der Waals surface area (Å²) in [7, 11) is 1.62. The van der Waals surface area contributed by atoms with E-state index in [0.717, 1.165) is 38.0 Å². The van der Waals surface area contributed by atoms with E-state index in [1.165, 1.54) is 11.1 Å². The standard InChI is InChI=1S/C32H35N2O3/c1-36-30-17-10-12-26(25-30)11-8-9-18-31(35)33-21-24-34-22-19-29(20-23-34)37-32(27-13-4-2-5-14-27)28-15-6-3-7-16-28/h2-16,18,25,29,32H,19-24H2,1H3,(H,33,35)/b11-8-,18-9+. The highest BCUT2D eigenvalue weighted by Crippen LogP contribution is 2.29. The Labute approximate surface area is 220 Å². The van der Waals surface area contributed by atoms with Crippen molar-refractivity contribution in [2.75, 3.05) is 33.3 Å². The SMILES string of the molecule is COc1[c]ccc(/C=C\C=C\C(=O)NCCN2CCC(OC(c3ccccc3)c3ccccc3)CC2)c1. The van der Waals surface area contributed by atoms with Crippen LogP contribution in [0.25, 0.3) is 6.08 Å². The molecular weight excluding hydrogens is 460 g/mol. The van der Waals surface area contributed by atoms with Crippen LogP contribution in [0.1, 0.15) is 35.6 Å². The van der Waals surface area contributed by atoms with E-state index in [2.05, 4.69) is 64.8 Å². The Morgan fingerprint density at radius 1 is 1.03 bits per heavy atom. The van der Waals surface area contributed by atoms with Crippen LogP contribution < -0.4 is 10.1 Å². The minimum atomic E-state index is -0.0876. The molecule has 0 unspecified atom stereocenters. The molecule has 1 radical (unpaired) electrons. The summed E-state index contributed by atoms with van der Waals surface area (Å²) in [6.07, 6.45) is 9.19. The lowest BCUT2D eigenvalue weighted by atomic mass is 10.00. The van der Waals surface area contributed by atoms with Crippen LogP contribution in [0.15, 0.2) is 97.1 Å². The molecule has 1 N–H and O–H groups in total. The second-order valence-electron chi connectivity index (χ2n) is 9.08. The van der Waals surface area contributed by atoms with E-state index in [9.17, 15) is 4.79 Å². The first-order valence-electron chi connectivity index (χ1n) is 12.9. The molecule has 0 aliphatic carbocycles. The van der Waals surface area contributed by atoms with Gasteiger partial charge in [0.25, 0.3) is 0 Å². The van der Waals surface area contributed by atoms with Gasteiger partial charge in [-0.3, -0.25) is 4.79 Å². The largest absolute Gasteiger partial charge is 0.496 e. The fourth-order valence-electron chi connectivity index (χ4n) is 4.46. The lowest BCUT2D eigenvalue weighted by Crippen LogP contribution is -2.41. The van der Waals surface area contributed by atoms with Gasteiger partial charge in [0, 0.05) is 38.3 Å². The number of methoxy groups -OCH3 is 1. The highest BCUT2D eigenvalue weighted by molar-refractivity contribution is 5.87. The first kappa shape index (κ1) is 26.4. The second kappa shape index (κ2) is 14.2. The van der Waals surface area contributed by atoms with Crippen molar-refractivity contribution in [1.29, 1.82) is 0 Å². The van der Waals surface area contributed by atoms with Crippen LogP contribution in [-0.4, -0.2) is 50.2 Å². The predicted molar refractivity (Wildman–Crippen MR) is 148 cm³/mol. The minimum absolute atomic E-state index is 0.0543. The average Bonchev–Trinajstić information content (AvgIpc) is 2.96. The number of hydrogen-bond donors (Lipinski definition) is 1. The third-order valence-corrected chi connectivity index (χ3v) is 6.46. The number of benzene rings is 3.